The van der Waals surface area contributed by atoms with Crippen molar-refractivity contribution in [2.45, 2.75) is 20.4 Å². The molecule has 0 aliphatic carbocycles. The Bertz CT molecular complexity index is 1190. The Balaban J connectivity index is 1.65. The second-order valence-electron chi connectivity index (χ2n) is 7.11. The third kappa shape index (κ3) is 4.33. The van der Waals surface area contributed by atoms with E-state index in [2.05, 4.69) is 12.1 Å². The number of amides is 1. The number of halogens is 1. The van der Waals surface area contributed by atoms with E-state index in [0.717, 1.165) is 26.9 Å². The van der Waals surface area contributed by atoms with Crippen LogP contribution in [0.4, 0.5) is 9.52 Å². The fraction of sp³-hybridized carbons (Fsp3) is 0.167. The van der Waals surface area contributed by atoms with Gasteiger partial charge in [-0.1, -0.05) is 59.9 Å². The maximum absolute atomic E-state index is 13.9. The average molecular weight is 421 g/mol. The smallest absolute Gasteiger partial charge is 0.267 e. The summed E-state index contributed by atoms with van der Waals surface area (Å²) in [6, 6.07) is 19.9. The number of carbonyl (C=O) groups excluding carboxylic acids is 1. The Morgan fingerprint density at radius 2 is 1.80 bits per heavy atom. The van der Waals surface area contributed by atoms with Crippen LogP contribution in [-0.4, -0.2) is 17.5 Å². The summed E-state index contributed by atoms with van der Waals surface area (Å²) in [4.78, 5) is 19.5. The van der Waals surface area contributed by atoms with Gasteiger partial charge in [-0.2, -0.15) is 0 Å². The lowest BCUT2D eigenvalue weighted by Gasteiger charge is -2.20. The Hall–Kier alpha value is -3.25. The zero-order valence-electron chi connectivity index (χ0n) is 16.8. The van der Waals surface area contributed by atoms with Gasteiger partial charge in [0.25, 0.3) is 5.91 Å². The van der Waals surface area contributed by atoms with Crippen LogP contribution in [0.25, 0.3) is 10.2 Å². The number of rotatable bonds is 6. The topological polar surface area (TPSA) is 42.4 Å². The summed E-state index contributed by atoms with van der Waals surface area (Å²) >= 11 is 1.47. The van der Waals surface area contributed by atoms with E-state index in [4.69, 9.17) is 9.72 Å². The summed E-state index contributed by atoms with van der Waals surface area (Å²) in [6.45, 7) is 4.14. The first-order valence-corrected chi connectivity index (χ1v) is 10.4. The fourth-order valence-electron chi connectivity index (χ4n) is 3.28. The molecule has 0 aliphatic rings. The van der Waals surface area contributed by atoms with Gasteiger partial charge in [0.1, 0.15) is 0 Å². The van der Waals surface area contributed by atoms with Gasteiger partial charge in [0.05, 0.1) is 16.8 Å². The van der Waals surface area contributed by atoms with Gasteiger partial charge >= 0.3 is 0 Å². The molecule has 1 amide bonds. The number of hydrogen-bond acceptors (Lipinski definition) is 4. The van der Waals surface area contributed by atoms with Crippen LogP contribution in [0, 0.1) is 19.7 Å². The molecule has 0 radical (unpaired) electrons. The highest BCUT2D eigenvalue weighted by molar-refractivity contribution is 7.22. The number of benzene rings is 3. The van der Waals surface area contributed by atoms with Gasteiger partial charge in [-0.3, -0.25) is 9.69 Å². The van der Waals surface area contributed by atoms with Crippen molar-refractivity contribution in [1.82, 2.24) is 4.98 Å². The summed E-state index contributed by atoms with van der Waals surface area (Å²) in [6.07, 6.45) is 0. The molecule has 30 heavy (non-hydrogen) atoms. The largest absolute Gasteiger partial charge is 0.481 e. The van der Waals surface area contributed by atoms with Gasteiger partial charge in [-0.15, -0.1) is 0 Å². The SMILES string of the molecule is Cc1cc(C)c2nc(N(Cc3ccccc3)C(=O)COc3ccccc3F)sc2c1. The minimum absolute atomic E-state index is 0.0567. The van der Waals surface area contributed by atoms with Crippen molar-refractivity contribution in [2.75, 3.05) is 11.5 Å². The molecule has 1 aromatic heterocycles. The molecular weight excluding hydrogens is 399 g/mol. The molecule has 0 saturated heterocycles. The molecule has 4 nitrogen and oxygen atoms in total. The van der Waals surface area contributed by atoms with Gasteiger partial charge in [-0.05, 0) is 48.7 Å². The van der Waals surface area contributed by atoms with Crippen molar-refractivity contribution >= 4 is 32.6 Å². The van der Waals surface area contributed by atoms with E-state index >= 15 is 0 Å². The molecule has 152 valence electrons. The van der Waals surface area contributed by atoms with Crippen molar-refractivity contribution in [3.8, 4) is 5.75 Å². The number of aromatic nitrogens is 1. The number of nitrogens with zero attached hydrogens (tertiary/aromatic N) is 2. The van der Waals surface area contributed by atoms with Crippen molar-refractivity contribution in [3.63, 3.8) is 0 Å². The quantitative estimate of drug-likeness (QED) is 0.404. The van der Waals surface area contributed by atoms with Crippen LogP contribution in [0.3, 0.4) is 0 Å². The highest BCUT2D eigenvalue weighted by Crippen LogP contribution is 2.32. The maximum Gasteiger partial charge on any atom is 0.267 e. The van der Waals surface area contributed by atoms with Crippen molar-refractivity contribution in [2.24, 2.45) is 0 Å². The molecule has 1 heterocycles. The highest BCUT2D eigenvalue weighted by atomic mass is 32.1. The van der Waals surface area contributed by atoms with E-state index in [0.29, 0.717) is 11.7 Å². The lowest BCUT2D eigenvalue weighted by atomic mass is 10.1. The minimum atomic E-state index is -0.494. The molecule has 0 bridgehead atoms. The summed E-state index contributed by atoms with van der Waals surface area (Å²) in [7, 11) is 0. The number of fused-ring (bicyclic) bond motifs is 1. The molecular formula is C24H21FN2O2S. The van der Waals surface area contributed by atoms with Crippen LogP contribution >= 0.6 is 11.3 Å². The first-order valence-electron chi connectivity index (χ1n) is 9.60. The van der Waals surface area contributed by atoms with Crippen LogP contribution in [-0.2, 0) is 11.3 Å². The van der Waals surface area contributed by atoms with Gasteiger partial charge < -0.3 is 4.74 Å². The molecule has 4 aromatic rings. The monoisotopic (exact) mass is 420 g/mol. The van der Waals surface area contributed by atoms with Crippen molar-refractivity contribution in [1.29, 1.82) is 0 Å². The average Bonchev–Trinajstić information content (AvgIpc) is 3.16. The molecule has 3 aromatic carbocycles. The number of carbonyl (C=O) groups is 1. The highest BCUT2D eigenvalue weighted by Gasteiger charge is 2.22. The van der Waals surface area contributed by atoms with Crippen molar-refractivity contribution in [3.05, 3.63) is 89.2 Å². The van der Waals surface area contributed by atoms with Crippen LogP contribution in [0.5, 0.6) is 5.75 Å². The molecule has 4 rings (SSSR count). The van der Waals surface area contributed by atoms with E-state index < -0.39 is 5.82 Å². The molecule has 0 fully saturated rings. The molecule has 0 aliphatic heterocycles. The van der Waals surface area contributed by atoms with Crippen LogP contribution in [0.15, 0.2) is 66.7 Å². The van der Waals surface area contributed by atoms with Crippen molar-refractivity contribution < 1.29 is 13.9 Å². The van der Waals surface area contributed by atoms with Crippen LogP contribution in [0.1, 0.15) is 16.7 Å². The van der Waals surface area contributed by atoms with Crippen LogP contribution in [0.2, 0.25) is 0 Å². The first kappa shape index (κ1) is 20.0. The van der Waals surface area contributed by atoms with E-state index in [9.17, 15) is 9.18 Å². The molecule has 6 heteroatoms. The van der Waals surface area contributed by atoms with E-state index in [1.54, 1.807) is 17.0 Å². The van der Waals surface area contributed by atoms with Gasteiger partial charge in [0.2, 0.25) is 0 Å². The normalized spacial score (nSPS) is 10.9. The Morgan fingerprint density at radius 1 is 1.07 bits per heavy atom. The minimum Gasteiger partial charge on any atom is -0.481 e. The second kappa shape index (κ2) is 8.63. The van der Waals surface area contributed by atoms with E-state index in [1.807, 2.05) is 44.2 Å². The van der Waals surface area contributed by atoms with Crippen LogP contribution < -0.4 is 9.64 Å². The number of para-hydroxylation sites is 1. The summed E-state index contributed by atoms with van der Waals surface area (Å²) in [5.41, 5.74) is 4.09. The Kier molecular flexibility index (Phi) is 5.77. The summed E-state index contributed by atoms with van der Waals surface area (Å²) < 4.78 is 20.4. The maximum atomic E-state index is 13.9. The first-order chi connectivity index (χ1) is 14.5. The standard InChI is InChI=1S/C24H21FN2O2S/c1-16-12-17(2)23-21(13-16)30-24(26-23)27(14-18-8-4-3-5-9-18)22(28)15-29-20-11-7-6-10-19(20)25/h3-13H,14-15H2,1-2H3. The molecule has 0 saturated carbocycles. The predicted octanol–water partition coefficient (Wildman–Crippen LogP) is 5.66. The number of aryl methyl sites for hydroxylation is 2. The second-order valence-corrected chi connectivity index (χ2v) is 8.12. The van der Waals surface area contributed by atoms with Gasteiger partial charge in [-0.25, -0.2) is 9.37 Å². The molecule has 0 N–H and O–H groups in total. The third-order valence-electron chi connectivity index (χ3n) is 4.72. The molecule has 0 atom stereocenters. The Morgan fingerprint density at radius 3 is 2.57 bits per heavy atom. The van der Waals surface area contributed by atoms with E-state index in [1.165, 1.54) is 23.5 Å². The lowest BCUT2D eigenvalue weighted by Crippen LogP contribution is -2.34. The molecule has 0 unspecified atom stereocenters. The Labute approximate surface area is 178 Å². The lowest BCUT2D eigenvalue weighted by molar-refractivity contribution is -0.120. The van der Waals surface area contributed by atoms with E-state index in [-0.39, 0.29) is 18.3 Å². The fourth-order valence-corrected chi connectivity index (χ4v) is 4.44. The number of ether oxygens (including phenoxy) is 1. The third-order valence-corrected chi connectivity index (χ3v) is 5.75. The molecule has 0 spiro atoms. The zero-order chi connectivity index (χ0) is 21.1. The predicted molar refractivity (Wildman–Crippen MR) is 119 cm³/mol. The number of thiazole rings is 1. The number of hydrogen-bond donors (Lipinski definition) is 0. The number of anilines is 1. The zero-order valence-corrected chi connectivity index (χ0v) is 17.6. The summed E-state index contributed by atoms with van der Waals surface area (Å²) in [5.74, 6) is -0.720. The summed E-state index contributed by atoms with van der Waals surface area (Å²) in [5, 5.41) is 0.602. The van der Waals surface area contributed by atoms with Gasteiger partial charge in [0.15, 0.2) is 23.3 Å². The van der Waals surface area contributed by atoms with Gasteiger partial charge in [0, 0.05) is 0 Å².